The molecule has 236 valence electrons. The maximum atomic E-state index is 12.8. The number of unbranched alkanes of at least 4 members (excludes halogenated alkanes) is 21. The Morgan fingerprint density at radius 3 is 1.60 bits per heavy atom. The lowest BCUT2D eigenvalue weighted by molar-refractivity contribution is -0.124. The molecule has 0 fully saturated rings. The Kier molecular flexibility index (Phi) is 29.3. The quantitative estimate of drug-likeness (QED) is 0.0673. The molecular weight excluding hydrogens is 496 g/mol. The molecular formula is C35H68N2O3. The highest BCUT2D eigenvalue weighted by atomic mass is 16.5. The zero-order valence-electron chi connectivity index (χ0n) is 27.0. The largest absolute Gasteiger partial charge is 0.450 e. The number of carbonyl (C=O) groups is 2. The number of allylic oxidation sites excluding steroid dienone is 1. The minimum atomic E-state index is -0.539. The van der Waals surface area contributed by atoms with E-state index in [2.05, 4.69) is 24.1 Å². The standard InChI is InChI=1S/C35H68N2O3/c1-5-8-10-12-14-16-17-18-19-20-21-22-23-24-26-28-30-36-34(38)33(32(4)7-3)37-35(39)40-31-29-27-25-15-13-11-9-6-2/h6,32-33H,2,5,7-31H2,1,3-4H3,(H,36,38)(H,37,39)/t32-,33-/m0/s1. The third-order valence-electron chi connectivity index (χ3n) is 8.13. The van der Waals surface area contributed by atoms with Gasteiger partial charge in [0.05, 0.1) is 6.61 Å². The van der Waals surface area contributed by atoms with Crippen LogP contribution in [0.25, 0.3) is 0 Å². The molecule has 0 saturated carbocycles. The van der Waals surface area contributed by atoms with E-state index in [0.29, 0.717) is 13.2 Å². The van der Waals surface area contributed by atoms with Crippen LogP contribution in [0.2, 0.25) is 0 Å². The minimum Gasteiger partial charge on any atom is -0.450 e. The molecule has 5 heteroatoms. The van der Waals surface area contributed by atoms with Crippen molar-refractivity contribution in [2.75, 3.05) is 13.2 Å². The number of alkyl carbamates (subject to hydrolysis) is 1. The lowest BCUT2D eigenvalue weighted by atomic mass is 9.98. The van der Waals surface area contributed by atoms with Gasteiger partial charge in [-0.3, -0.25) is 4.79 Å². The summed E-state index contributed by atoms with van der Waals surface area (Å²) in [6.07, 6.45) is 31.6. The van der Waals surface area contributed by atoms with Crippen LogP contribution in [0.5, 0.6) is 0 Å². The zero-order valence-corrected chi connectivity index (χ0v) is 27.0. The molecule has 2 atom stereocenters. The van der Waals surface area contributed by atoms with E-state index in [0.717, 1.165) is 38.5 Å². The molecule has 5 nitrogen and oxygen atoms in total. The van der Waals surface area contributed by atoms with Gasteiger partial charge in [-0.05, 0) is 31.6 Å². The molecule has 0 aromatic heterocycles. The summed E-state index contributed by atoms with van der Waals surface area (Å²) in [5.74, 6) is -0.0271. The lowest BCUT2D eigenvalue weighted by Gasteiger charge is -2.23. The fraction of sp³-hybridized carbons (Fsp3) is 0.886. The molecule has 0 aliphatic rings. The molecule has 2 amide bonds. The first-order chi connectivity index (χ1) is 19.6. The van der Waals surface area contributed by atoms with E-state index in [9.17, 15) is 9.59 Å². The molecule has 2 N–H and O–H groups in total. The maximum Gasteiger partial charge on any atom is 0.407 e. The summed E-state index contributed by atoms with van der Waals surface area (Å²) in [6.45, 7) is 11.2. The normalized spacial score (nSPS) is 12.6. The predicted molar refractivity (Wildman–Crippen MR) is 173 cm³/mol. The Balaban J connectivity index is 3.76. The molecule has 40 heavy (non-hydrogen) atoms. The van der Waals surface area contributed by atoms with Crippen LogP contribution in [-0.2, 0) is 9.53 Å². The first kappa shape index (κ1) is 38.5. The third-order valence-corrected chi connectivity index (χ3v) is 8.13. The van der Waals surface area contributed by atoms with Crippen LogP contribution in [0.4, 0.5) is 4.79 Å². The van der Waals surface area contributed by atoms with Gasteiger partial charge in [-0.1, -0.05) is 155 Å². The van der Waals surface area contributed by atoms with Gasteiger partial charge in [0.15, 0.2) is 0 Å². The Labute approximate surface area is 249 Å². The van der Waals surface area contributed by atoms with Gasteiger partial charge in [-0.15, -0.1) is 6.58 Å². The van der Waals surface area contributed by atoms with Gasteiger partial charge >= 0.3 is 6.09 Å². The van der Waals surface area contributed by atoms with Crippen LogP contribution in [0.3, 0.4) is 0 Å². The topological polar surface area (TPSA) is 67.4 Å². The van der Waals surface area contributed by atoms with E-state index in [-0.39, 0.29) is 11.8 Å². The van der Waals surface area contributed by atoms with Crippen molar-refractivity contribution in [2.24, 2.45) is 5.92 Å². The van der Waals surface area contributed by atoms with Crippen LogP contribution in [-0.4, -0.2) is 31.2 Å². The fourth-order valence-electron chi connectivity index (χ4n) is 5.13. The number of hydrogen-bond acceptors (Lipinski definition) is 3. The van der Waals surface area contributed by atoms with Crippen molar-refractivity contribution in [1.82, 2.24) is 10.6 Å². The van der Waals surface area contributed by atoms with Crippen molar-refractivity contribution in [3.05, 3.63) is 12.7 Å². The monoisotopic (exact) mass is 565 g/mol. The highest BCUT2D eigenvalue weighted by Crippen LogP contribution is 2.14. The van der Waals surface area contributed by atoms with E-state index >= 15 is 0 Å². The summed E-state index contributed by atoms with van der Waals surface area (Å²) in [5.41, 5.74) is 0. The SMILES string of the molecule is C=CCCCCCCCCOC(=O)N[C@H](C(=O)NCCCCCCCCCCCCCCCCCC)[C@@H](C)CC. The second-order valence-corrected chi connectivity index (χ2v) is 11.9. The van der Waals surface area contributed by atoms with Crippen LogP contribution in [0.1, 0.15) is 175 Å². The predicted octanol–water partition coefficient (Wildman–Crippen LogP) is 10.4. The molecule has 0 unspecified atom stereocenters. The first-order valence-corrected chi connectivity index (χ1v) is 17.4. The number of hydrogen-bond donors (Lipinski definition) is 2. The van der Waals surface area contributed by atoms with Crippen molar-refractivity contribution in [3.63, 3.8) is 0 Å². The van der Waals surface area contributed by atoms with Gasteiger partial charge in [-0.2, -0.15) is 0 Å². The van der Waals surface area contributed by atoms with Crippen LogP contribution in [0, 0.1) is 5.92 Å². The fourth-order valence-corrected chi connectivity index (χ4v) is 5.13. The Morgan fingerprint density at radius 1 is 0.675 bits per heavy atom. The van der Waals surface area contributed by atoms with Gasteiger partial charge < -0.3 is 15.4 Å². The molecule has 0 aromatic carbocycles. The zero-order chi connectivity index (χ0) is 29.5. The average molecular weight is 565 g/mol. The second kappa shape index (κ2) is 30.4. The first-order valence-electron chi connectivity index (χ1n) is 17.4. The highest BCUT2D eigenvalue weighted by molar-refractivity contribution is 5.85. The van der Waals surface area contributed by atoms with Gasteiger partial charge in [0.25, 0.3) is 0 Å². The summed E-state index contributed by atoms with van der Waals surface area (Å²) in [7, 11) is 0. The number of ether oxygens (including phenoxy) is 1. The summed E-state index contributed by atoms with van der Waals surface area (Å²) >= 11 is 0. The van der Waals surface area contributed by atoms with Crippen molar-refractivity contribution in [1.29, 1.82) is 0 Å². The van der Waals surface area contributed by atoms with Crippen molar-refractivity contribution >= 4 is 12.0 Å². The van der Waals surface area contributed by atoms with Gasteiger partial charge in [0.2, 0.25) is 5.91 Å². The summed E-state index contributed by atoms with van der Waals surface area (Å²) in [6, 6.07) is -0.539. The lowest BCUT2D eigenvalue weighted by Crippen LogP contribution is -2.50. The maximum absolute atomic E-state index is 12.8. The number of rotatable bonds is 30. The van der Waals surface area contributed by atoms with Crippen molar-refractivity contribution in [3.8, 4) is 0 Å². The Bertz CT molecular complexity index is 581. The molecule has 0 radical (unpaired) electrons. The molecule has 0 bridgehead atoms. The average Bonchev–Trinajstić information content (AvgIpc) is 2.96. The molecule has 0 heterocycles. The molecule has 0 spiro atoms. The van der Waals surface area contributed by atoms with Crippen molar-refractivity contribution < 1.29 is 14.3 Å². The Morgan fingerprint density at radius 2 is 1.12 bits per heavy atom. The molecule has 0 rings (SSSR count). The van der Waals surface area contributed by atoms with Crippen LogP contribution >= 0.6 is 0 Å². The van der Waals surface area contributed by atoms with Gasteiger partial charge in [0.1, 0.15) is 6.04 Å². The van der Waals surface area contributed by atoms with E-state index < -0.39 is 12.1 Å². The Hall–Kier alpha value is -1.52. The van der Waals surface area contributed by atoms with Gasteiger partial charge in [-0.25, -0.2) is 4.79 Å². The minimum absolute atomic E-state index is 0.0638. The van der Waals surface area contributed by atoms with E-state index in [1.165, 1.54) is 116 Å². The summed E-state index contributed by atoms with van der Waals surface area (Å²) in [5, 5.41) is 5.86. The van der Waals surface area contributed by atoms with Crippen molar-refractivity contribution in [2.45, 2.75) is 181 Å². The van der Waals surface area contributed by atoms with Crippen LogP contribution < -0.4 is 10.6 Å². The molecule has 0 saturated heterocycles. The molecule has 0 aliphatic heterocycles. The smallest absolute Gasteiger partial charge is 0.407 e. The second-order valence-electron chi connectivity index (χ2n) is 11.9. The van der Waals surface area contributed by atoms with Gasteiger partial charge in [0, 0.05) is 6.54 Å². The highest BCUT2D eigenvalue weighted by Gasteiger charge is 2.26. The number of carbonyl (C=O) groups excluding carboxylic acids is 2. The number of amides is 2. The van der Waals surface area contributed by atoms with E-state index in [1.807, 2.05) is 19.9 Å². The third kappa shape index (κ3) is 25.4. The summed E-state index contributed by atoms with van der Waals surface area (Å²) < 4.78 is 5.36. The van der Waals surface area contributed by atoms with E-state index in [4.69, 9.17) is 4.74 Å². The molecule has 0 aliphatic carbocycles. The number of nitrogens with one attached hydrogen (secondary N) is 2. The van der Waals surface area contributed by atoms with Crippen LogP contribution in [0.15, 0.2) is 12.7 Å². The summed E-state index contributed by atoms with van der Waals surface area (Å²) in [4.78, 5) is 25.1. The molecule has 0 aromatic rings. The van der Waals surface area contributed by atoms with E-state index in [1.54, 1.807) is 0 Å².